The molecule has 0 fully saturated rings. The quantitative estimate of drug-likeness (QED) is 0.500. The Kier molecular flexibility index (Phi) is 6.01. The van der Waals surface area contributed by atoms with Crippen LogP contribution in [0.15, 0.2) is 36.4 Å². The van der Waals surface area contributed by atoms with Crippen molar-refractivity contribution in [2.75, 3.05) is 34.3 Å². The molecule has 4 nitrogen and oxygen atoms in total. The van der Waals surface area contributed by atoms with Gasteiger partial charge in [-0.2, -0.15) is 5.10 Å². The molecule has 0 aliphatic heterocycles. The normalized spacial score (nSPS) is 11.0. The largest absolute Gasteiger partial charge is 1.00 e. The Bertz CT molecular complexity index is 532. The van der Waals surface area contributed by atoms with E-state index in [1.807, 2.05) is 48.0 Å². The summed E-state index contributed by atoms with van der Waals surface area (Å²) < 4.78 is 8.61. The van der Waals surface area contributed by atoms with Gasteiger partial charge in [0.25, 0.3) is 0 Å². The van der Waals surface area contributed by atoms with Crippen LogP contribution >= 0.6 is 0 Å². The van der Waals surface area contributed by atoms with Crippen LogP contribution in [0.2, 0.25) is 0 Å². The predicted octanol–water partition coefficient (Wildman–Crippen LogP) is -0.730. The van der Waals surface area contributed by atoms with Crippen LogP contribution in [-0.4, -0.2) is 48.6 Å². The van der Waals surface area contributed by atoms with Crippen molar-refractivity contribution in [1.29, 1.82) is 0 Å². The molecule has 0 bridgehead atoms. The number of nitrogens with zero attached hydrogens (tertiary/aromatic N) is 3. The molecule has 0 unspecified atom stereocenters. The number of aryl methyl sites for hydroxylation is 1. The van der Waals surface area contributed by atoms with Gasteiger partial charge in [-0.3, -0.25) is 0 Å². The highest BCUT2D eigenvalue weighted by molar-refractivity contribution is 5.35. The van der Waals surface area contributed by atoms with E-state index >= 15 is 0 Å². The van der Waals surface area contributed by atoms with Gasteiger partial charge in [0.2, 0.25) is 5.88 Å². The van der Waals surface area contributed by atoms with Crippen LogP contribution in [-0.2, 0) is 0 Å². The number of rotatable bonds is 5. The van der Waals surface area contributed by atoms with E-state index in [1.165, 1.54) is 0 Å². The lowest BCUT2D eigenvalue weighted by Crippen LogP contribution is -3.00. The molecule has 0 spiro atoms. The smallest absolute Gasteiger partial charge is 0.217 e. The second-order valence-corrected chi connectivity index (χ2v) is 5.73. The summed E-state index contributed by atoms with van der Waals surface area (Å²) in [6.07, 6.45) is 0. The number of aromatic nitrogens is 2. The first-order valence-electron chi connectivity index (χ1n) is 6.51. The maximum atomic E-state index is 5.87. The maximum absolute atomic E-state index is 5.87. The minimum Gasteiger partial charge on any atom is -1.00 e. The molecule has 2 rings (SSSR count). The number of hydrogen-bond acceptors (Lipinski definition) is 2. The lowest BCUT2D eigenvalue weighted by atomic mass is 10.3. The maximum Gasteiger partial charge on any atom is 0.217 e. The molecule has 0 radical (unpaired) electrons. The van der Waals surface area contributed by atoms with Crippen LogP contribution in [0.1, 0.15) is 5.69 Å². The molecule has 1 aromatic carbocycles. The van der Waals surface area contributed by atoms with E-state index in [-0.39, 0.29) is 24.0 Å². The Morgan fingerprint density at radius 1 is 1.15 bits per heavy atom. The highest BCUT2D eigenvalue weighted by Gasteiger charge is 2.11. The first-order valence-corrected chi connectivity index (χ1v) is 6.51. The molecule has 5 heteroatoms. The number of halogens is 1. The summed E-state index contributed by atoms with van der Waals surface area (Å²) in [4.78, 5) is 0. The van der Waals surface area contributed by atoms with Gasteiger partial charge in [-0.1, -0.05) is 18.2 Å². The van der Waals surface area contributed by atoms with Gasteiger partial charge in [0.05, 0.1) is 32.5 Å². The Hall–Kier alpha value is -1.08. The number of para-hydroxylation sites is 1. The van der Waals surface area contributed by atoms with Crippen molar-refractivity contribution in [1.82, 2.24) is 9.78 Å². The van der Waals surface area contributed by atoms with Gasteiger partial charge in [-0.15, -0.1) is 0 Å². The van der Waals surface area contributed by atoms with Gasteiger partial charge in [0.1, 0.15) is 13.2 Å². The van der Waals surface area contributed by atoms with E-state index in [0.29, 0.717) is 6.61 Å². The summed E-state index contributed by atoms with van der Waals surface area (Å²) in [5, 5.41) is 4.48. The van der Waals surface area contributed by atoms with Crippen LogP contribution in [0.3, 0.4) is 0 Å². The zero-order valence-electron chi connectivity index (χ0n) is 12.5. The number of quaternary nitrogens is 1. The van der Waals surface area contributed by atoms with Crippen LogP contribution in [0.25, 0.3) is 5.69 Å². The highest BCUT2D eigenvalue weighted by Crippen LogP contribution is 2.19. The summed E-state index contributed by atoms with van der Waals surface area (Å²) in [6.45, 7) is 3.62. The Labute approximate surface area is 138 Å². The molecule has 0 saturated heterocycles. The molecule has 0 aliphatic rings. The monoisotopic (exact) mass is 387 g/mol. The minimum atomic E-state index is 0. The van der Waals surface area contributed by atoms with E-state index in [2.05, 4.69) is 26.2 Å². The van der Waals surface area contributed by atoms with Crippen molar-refractivity contribution >= 4 is 0 Å². The molecule has 110 valence electrons. The van der Waals surface area contributed by atoms with Gasteiger partial charge < -0.3 is 33.2 Å². The van der Waals surface area contributed by atoms with E-state index < -0.39 is 0 Å². The summed E-state index contributed by atoms with van der Waals surface area (Å²) in [5.74, 6) is 0.803. The van der Waals surface area contributed by atoms with Crippen molar-refractivity contribution in [3.05, 3.63) is 42.1 Å². The second kappa shape index (κ2) is 7.08. The van der Waals surface area contributed by atoms with Crippen molar-refractivity contribution in [3.63, 3.8) is 0 Å². The third-order valence-electron chi connectivity index (χ3n) is 2.81. The van der Waals surface area contributed by atoms with E-state index in [4.69, 9.17) is 4.74 Å². The lowest BCUT2D eigenvalue weighted by Gasteiger charge is -2.23. The Balaban J connectivity index is 0.00000200. The fourth-order valence-electron chi connectivity index (χ4n) is 1.76. The van der Waals surface area contributed by atoms with Crippen molar-refractivity contribution in [2.24, 2.45) is 0 Å². The van der Waals surface area contributed by atoms with Crippen molar-refractivity contribution < 1.29 is 33.2 Å². The van der Waals surface area contributed by atoms with Gasteiger partial charge in [-0.25, -0.2) is 4.68 Å². The van der Waals surface area contributed by atoms with Crippen LogP contribution in [0.4, 0.5) is 0 Å². The molecule has 1 aromatic heterocycles. The second-order valence-electron chi connectivity index (χ2n) is 5.73. The zero-order chi connectivity index (χ0) is 13.9. The fraction of sp³-hybridized carbons (Fsp3) is 0.400. The number of ether oxygens (including phenoxy) is 1. The number of likely N-dealkylation sites (N-methyl/N-ethyl adjacent to an activating group) is 1. The average Bonchev–Trinajstić information content (AvgIpc) is 2.70. The average molecular weight is 387 g/mol. The van der Waals surface area contributed by atoms with E-state index in [1.54, 1.807) is 0 Å². The SMILES string of the molecule is Cc1cc(OCC[N+](C)(C)C)n(-c2ccccc2)n1.[I-]. The first-order chi connectivity index (χ1) is 8.96. The Morgan fingerprint density at radius 3 is 2.40 bits per heavy atom. The third kappa shape index (κ3) is 4.79. The topological polar surface area (TPSA) is 27.1 Å². The Morgan fingerprint density at radius 2 is 1.80 bits per heavy atom. The first kappa shape index (κ1) is 17.0. The van der Waals surface area contributed by atoms with E-state index in [9.17, 15) is 0 Å². The predicted molar refractivity (Wildman–Crippen MR) is 76.7 cm³/mol. The molecule has 0 atom stereocenters. The molecule has 0 aliphatic carbocycles. The number of hydrogen-bond donors (Lipinski definition) is 0. The number of benzene rings is 1. The lowest BCUT2D eigenvalue weighted by molar-refractivity contribution is -0.870. The fourth-order valence-corrected chi connectivity index (χ4v) is 1.76. The van der Waals surface area contributed by atoms with Gasteiger partial charge >= 0.3 is 0 Å². The summed E-state index contributed by atoms with van der Waals surface area (Å²) in [6, 6.07) is 12.0. The van der Waals surface area contributed by atoms with Crippen LogP contribution in [0, 0.1) is 6.92 Å². The third-order valence-corrected chi connectivity index (χ3v) is 2.81. The molecule has 0 amide bonds. The highest BCUT2D eigenvalue weighted by atomic mass is 127. The molecule has 2 aromatic rings. The van der Waals surface area contributed by atoms with Gasteiger partial charge in [0.15, 0.2) is 0 Å². The summed E-state index contributed by atoms with van der Waals surface area (Å²) in [5.41, 5.74) is 1.99. The van der Waals surface area contributed by atoms with Crippen LogP contribution in [0.5, 0.6) is 5.88 Å². The van der Waals surface area contributed by atoms with E-state index in [0.717, 1.165) is 28.3 Å². The van der Waals surface area contributed by atoms with Crippen molar-refractivity contribution in [3.8, 4) is 11.6 Å². The molecule has 1 heterocycles. The molecule has 20 heavy (non-hydrogen) atoms. The molecule has 0 N–H and O–H groups in total. The van der Waals surface area contributed by atoms with Gasteiger partial charge in [0, 0.05) is 6.07 Å². The molecule has 0 saturated carbocycles. The van der Waals surface area contributed by atoms with Crippen LogP contribution < -0.4 is 28.7 Å². The summed E-state index contributed by atoms with van der Waals surface area (Å²) >= 11 is 0. The standard InChI is InChI=1S/C15H22N3O.HI/c1-13-12-15(19-11-10-18(2,3)4)17(16-13)14-8-6-5-7-9-14;/h5-9,12H,10-11H2,1-4H3;1H/q+1;/p-1. The van der Waals surface area contributed by atoms with Gasteiger partial charge in [-0.05, 0) is 19.1 Å². The molecular formula is C15H22IN3O. The summed E-state index contributed by atoms with van der Waals surface area (Å²) in [7, 11) is 6.47. The zero-order valence-corrected chi connectivity index (χ0v) is 14.7. The molecular weight excluding hydrogens is 365 g/mol. The minimum absolute atomic E-state index is 0. The van der Waals surface area contributed by atoms with Crippen molar-refractivity contribution in [2.45, 2.75) is 6.92 Å².